The molecule has 1 aliphatic carbocycles. The van der Waals surface area contributed by atoms with Gasteiger partial charge in [-0.2, -0.15) is 5.10 Å². The molecule has 2 aliphatic rings. The first-order chi connectivity index (χ1) is 17.5. The smallest absolute Gasteiger partial charge is 0.266 e. The van der Waals surface area contributed by atoms with Crippen LogP contribution in [0.3, 0.4) is 0 Å². The Kier molecular flexibility index (Phi) is 7.53. The summed E-state index contributed by atoms with van der Waals surface area (Å²) in [5.74, 6) is -0.271. The van der Waals surface area contributed by atoms with E-state index in [0.717, 1.165) is 43.4 Å². The van der Waals surface area contributed by atoms with Crippen LogP contribution < -0.4 is 4.74 Å². The van der Waals surface area contributed by atoms with Gasteiger partial charge in [-0.1, -0.05) is 68.4 Å². The number of benzene rings is 2. The van der Waals surface area contributed by atoms with Gasteiger partial charge in [0, 0.05) is 23.4 Å². The van der Waals surface area contributed by atoms with E-state index in [1.807, 2.05) is 49.5 Å². The van der Waals surface area contributed by atoms with Crippen LogP contribution in [0.15, 0.2) is 59.6 Å². The number of amides is 1. The van der Waals surface area contributed by atoms with Crippen molar-refractivity contribution >= 4 is 40.3 Å². The van der Waals surface area contributed by atoms with Gasteiger partial charge in [-0.15, -0.1) is 0 Å². The van der Waals surface area contributed by atoms with Gasteiger partial charge in [0.25, 0.3) is 5.91 Å². The van der Waals surface area contributed by atoms with Crippen molar-refractivity contribution in [3.05, 3.63) is 71.0 Å². The molecule has 1 aliphatic heterocycles. The summed E-state index contributed by atoms with van der Waals surface area (Å²) in [6, 6.07) is 14.8. The lowest BCUT2D eigenvalue weighted by atomic mass is 9.94. The van der Waals surface area contributed by atoms with Crippen LogP contribution >= 0.6 is 24.0 Å². The van der Waals surface area contributed by atoms with E-state index in [1.54, 1.807) is 21.7 Å². The zero-order valence-electron chi connectivity index (χ0n) is 20.2. The highest BCUT2D eigenvalue weighted by atomic mass is 32.2. The van der Waals surface area contributed by atoms with Crippen molar-refractivity contribution in [1.82, 2.24) is 14.7 Å². The minimum Gasteiger partial charge on any atom is -0.491 e. The van der Waals surface area contributed by atoms with Crippen LogP contribution in [0.4, 0.5) is 4.39 Å². The average Bonchev–Trinajstić information content (AvgIpc) is 3.44. The summed E-state index contributed by atoms with van der Waals surface area (Å²) in [5, 5.41) is 4.78. The number of aromatic nitrogens is 2. The van der Waals surface area contributed by atoms with Crippen LogP contribution in [0.2, 0.25) is 0 Å². The van der Waals surface area contributed by atoms with Gasteiger partial charge in [0.2, 0.25) is 0 Å². The van der Waals surface area contributed by atoms with E-state index < -0.39 is 5.82 Å². The van der Waals surface area contributed by atoms with E-state index in [-0.39, 0.29) is 17.7 Å². The van der Waals surface area contributed by atoms with Gasteiger partial charge in [-0.3, -0.25) is 9.69 Å². The summed E-state index contributed by atoms with van der Waals surface area (Å²) < 4.78 is 22.7. The van der Waals surface area contributed by atoms with Crippen LogP contribution in [0, 0.1) is 5.82 Å². The Morgan fingerprint density at radius 1 is 1.17 bits per heavy atom. The number of rotatable bonds is 7. The van der Waals surface area contributed by atoms with Crippen molar-refractivity contribution in [2.75, 3.05) is 6.61 Å². The number of nitrogens with zero attached hydrogens (tertiary/aromatic N) is 3. The zero-order valence-corrected chi connectivity index (χ0v) is 21.8. The van der Waals surface area contributed by atoms with Crippen LogP contribution in [0.25, 0.3) is 23.0 Å². The molecule has 0 spiro atoms. The van der Waals surface area contributed by atoms with Gasteiger partial charge in [-0.05, 0) is 55.7 Å². The monoisotopic (exact) mass is 521 g/mol. The van der Waals surface area contributed by atoms with Crippen LogP contribution in [-0.2, 0) is 4.79 Å². The van der Waals surface area contributed by atoms with E-state index in [9.17, 15) is 9.18 Å². The quantitative estimate of drug-likeness (QED) is 0.247. The lowest BCUT2D eigenvalue weighted by Crippen LogP contribution is -2.39. The van der Waals surface area contributed by atoms with E-state index in [2.05, 4.69) is 0 Å². The Labute approximate surface area is 220 Å². The molecular formula is C28H28FN3O2S2. The third-order valence-corrected chi connectivity index (χ3v) is 7.81. The molecule has 186 valence electrons. The molecule has 5 rings (SSSR count). The number of thiocarbonyl (C=S) groups is 1. The van der Waals surface area contributed by atoms with Crippen molar-refractivity contribution in [2.45, 2.75) is 51.5 Å². The fraction of sp³-hybridized carbons (Fsp3) is 0.321. The number of para-hydroxylation sites is 1. The number of thioether (sulfide) groups is 1. The molecule has 1 saturated carbocycles. The minimum absolute atomic E-state index is 0.0511. The molecule has 0 radical (unpaired) electrons. The normalized spacial score (nSPS) is 17.8. The molecule has 1 saturated heterocycles. The van der Waals surface area contributed by atoms with E-state index in [0.29, 0.717) is 27.1 Å². The fourth-order valence-corrected chi connectivity index (χ4v) is 6.07. The first-order valence-corrected chi connectivity index (χ1v) is 13.6. The Bertz CT molecular complexity index is 1300. The first kappa shape index (κ1) is 24.7. The van der Waals surface area contributed by atoms with E-state index >= 15 is 0 Å². The standard InChI is InChI=1S/C28H28FN3O2S2/c1-2-15-34-24-14-13-19(16-23(24)29)26-20(18-31(30-26)21-9-5-3-6-10-21)17-25-27(33)32(28(35)36-25)22-11-7-4-8-12-22/h3,5-6,9-10,13-14,16-18,22H,2,4,7-8,11-12,15H2,1H3. The number of halogens is 1. The summed E-state index contributed by atoms with van der Waals surface area (Å²) in [6.07, 6.45) is 9.94. The second-order valence-electron chi connectivity index (χ2n) is 9.05. The predicted octanol–water partition coefficient (Wildman–Crippen LogP) is 7.00. The molecule has 2 aromatic carbocycles. The molecule has 0 N–H and O–H groups in total. The lowest BCUT2D eigenvalue weighted by molar-refractivity contribution is -0.124. The average molecular weight is 522 g/mol. The topological polar surface area (TPSA) is 47.4 Å². The summed E-state index contributed by atoms with van der Waals surface area (Å²) in [7, 11) is 0. The number of ether oxygens (including phenoxy) is 1. The summed E-state index contributed by atoms with van der Waals surface area (Å²) in [5.41, 5.74) is 2.80. The third kappa shape index (κ3) is 5.11. The summed E-state index contributed by atoms with van der Waals surface area (Å²) in [4.78, 5) is 15.8. The molecule has 3 aromatic rings. The molecule has 2 fully saturated rings. The Morgan fingerprint density at radius 2 is 1.94 bits per heavy atom. The van der Waals surface area contributed by atoms with Gasteiger partial charge < -0.3 is 4.74 Å². The minimum atomic E-state index is -0.440. The Balaban J connectivity index is 1.53. The van der Waals surface area contributed by atoms with Crippen LogP contribution in [-0.4, -0.2) is 37.6 Å². The Hall–Kier alpha value is -2.97. The van der Waals surface area contributed by atoms with Crippen molar-refractivity contribution in [3.8, 4) is 22.7 Å². The third-order valence-electron chi connectivity index (χ3n) is 6.48. The maximum atomic E-state index is 14.8. The molecule has 0 unspecified atom stereocenters. The van der Waals surface area contributed by atoms with Crippen molar-refractivity contribution < 1.29 is 13.9 Å². The fourth-order valence-electron chi connectivity index (χ4n) is 4.68. The van der Waals surface area contributed by atoms with E-state index in [4.69, 9.17) is 22.1 Å². The van der Waals surface area contributed by atoms with Crippen molar-refractivity contribution in [1.29, 1.82) is 0 Å². The highest BCUT2D eigenvalue weighted by Gasteiger charge is 2.37. The second kappa shape index (κ2) is 11.0. The highest BCUT2D eigenvalue weighted by Crippen LogP contribution is 2.38. The van der Waals surface area contributed by atoms with Gasteiger partial charge in [-0.25, -0.2) is 9.07 Å². The summed E-state index contributed by atoms with van der Waals surface area (Å²) >= 11 is 6.94. The molecule has 1 amide bonds. The van der Waals surface area contributed by atoms with Gasteiger partial charge in [0.15, 0.2) is 11.6 Å². The number of carbonyl (C=O) groups excluding carboxylic acids is 1. The molecular weight excluding hydrogens is 493 g/mol. The second-order valence-corrected chi connectivity index (χ2v) is 10.7. The Morgan fingerprint density at radius 3 is 2.67 bits per heavy atom. The lowest BCUT2D eigenvalue weighted by Gasteiger charge is -2.29. The number of hydrogen-bond donors (Lipinski definition) is 0. The SMILES string of the molecule is CCCOc1ccc(-c2nn(-c3ccccc3)cc2C=C2SC(=S)N(C3CCCCC3)C2=O)cc1F. The highest BCUT2D eigenvalue weighted by molar-refractivity contribution is 8.26. The van der Waals surface area contributed by atoms with Gasteiger partial charge in [0.05, 0.1) is 17.2 Å². The van der Waals surface area contributed by atoms with Gasteiger partial charge in [0.1, 0.15) is 10.0 Å². The largest absolute Gasteiger partial charge is 0.491 e. The number of hydrogen-bond acceptors (Lipinski definition) is 5. The van der Waals surface area contributed by atoms with Crippen molar-refractivity contribution in [2.24, 2.45) is 0 Å². The molecule has 0 atom stereocenters. The molecule has 0 bridgehead atoms. The molecule has 1 aromatic heterocycles. The van der Waals surface area contributed by atoms with Crippen LogP contribution in [0.1, 0.15) is 51.0 Å². The predicted molar refractivity (Wildman–Crippen MR) is 147 cm³/mol. The zero-order chi connectivity index (χ0) is 25.1. The maximum Gasteiger partial charge on any atom is 0.266 e. The van der Waals surface area contributed by atoms with Gasteiger partial charge >= 0.3 is 0 Å². The number of carbonyl (C=O) groups is 1. The summed E-state index contributed by atoms with van der Waals surface area (Å²) in [6.45, 7) is 2.43. The molecule has 5 nitrogen and oxygen atoms in total. The molecule has 36 heavy (non-hydrogen) atoms. The molecule has 8 heteroatoms. The maximum absolute atomic E-state index is 14.8. The first-order valence-electron chi connectivity index (χ1n) is 12.4. The molecule has 2 heterocycles. The van der Waals surface area contributed by atoms with Crippen molar-refractivity contribution in [3.63, 3.8) is 0 Å². The van der Waals surface area contributed by atoms with E-state index in [1.165, 1.54) is 24.2 Å². The van der Waals surface area contributed by atoms with Crippen LogP contribution in [0.5, 0.6) is 5.75 Å².